The molecule has 0 amide bonds. The Labute approximate surface area is 124 Å². The minimum absolute atomic E-state index is 0.187. The zero-order valence-corrected chi connectivity index (χ0v) is 12.8. The topological polar surface area (TPSA) is 73.1 Å². The van der Waals surface area contributed by atoms with Crippen LogP contribution in [0.2, 0.25) is 0 Å². The molecule has 2 heterocycles. The van der Waals surface area contributed by atoms with Crippen LogP contribution >= 0.6 is 0 Å². The van der Waals surface area contributed by atoms with Crippen molar-refractivity contribution >= 4 is 5.82 Å². The van der Waals surface area contributed by atoms with Crippen LogP contribution in [0.25, 0.3) is 11.4 Å². The van der Waals surface area contributed by atoms with Crippen molar-refractivity contribution in [2.75, 3.05) is 5.43 Å². The number of nitrogens with one attached hydrogen (secondary N) is 1. The van der Waals surface area contributed by atoms with E-state index in [9.17, 15) is 0 Å². The summed E-state index contributed by atoms with van der Waals surface area (Å²) < 4.78 is 6.09. The Hall–Kier alpha value is -2.14. The number of ether oxygens (including phenoxy) is 1. The number of para-hydroxylation sites is 1. The highest BCUT2D eigenvalue weighted by Crippen LogP contribution is 2.41. The fourth-order valence-electron chi connectivity index (χ4n) is 2.68. The molecule has 110 valence electrons. The first kappa shape index (κ1) is 13.8. The van der Waals surface area contributed by atoms with Crippen LogP contribution in [0.15, 0.2) is 18.2 Å². The smallest absolute Gasteiger partial charge is 0.165 e. The SMILES string of the molecule is Cc1nc(-c2cccc3c2OC(C)(C)C3)nc(NN)c1C. The van der Waals surface area contributed by atoms with Gasteiger partial charge in [-0.1, -0.05) is 12.1 Å². The van der Waals surface area contributed by atoms with Crippen LogP contribution in [0.5, 0.6) is 5.75 Å². The first-order valence-corrected chi connectivity index (χ1v) is 7.04. The first-order valence-electron chi connectivity index (χ1n) is 7.04. The van der Waals surface area contributed by atoms with E-state index in [2.05, 4.69) is 35.3 Å². The van der Waals surface area contributed by atoms with Crippen molar-refractivity contribution in [2.24, 2.45) is 5.84 Å². The molecule has 0 atom stereocenters. The van der Waals surface area contributed by atoms with E-state index in [1.54, 1.807) is 0 Å². The van der Waals surface area contributed by atoms with E-state index in [1.165, 1.54) is 5.56 Å². The lowest BCUT2D eigenvalue weighted by molar-refractivity contribution is 0.139. The van der Waals surface area contributed by atoms with Crippen molar-refractivity contribution in [1.82, 2.24) is 9.97 Å². The highest BCUT2D eigenvalue weighted by molar-refractivity contribution is 5.69. The largest absolute Gasteiger partial charge is 0.486 e. The van der Waals surface area contributed by atoms with Gasteiger partial charge in [0.15, 0.2) is 5.82 Å². The Morgan fingerprint density at radius 1 is 1.24 bits per heavy atom. The second-order valence-corrected chi connectivity index (χ2v) is 6.08. The molecule has 3 rings (SSSR count). The van der Waals surface area contributed by atoms with Crippen molar-refractivity contribution in [2.45, 2.75) is 39.7 Å². The zero-order chi connectivity index (χ0) is 15.2. The van der Waals surface area contributed by atoms with E-state index in [0.717, 1.165) is 29.0 Å². The van der Waals surface area contributed by atoms with Gasteiger partial charge < -0.3 is 10.2 Å². The third-order valence-corrected chi connectivity index (χ3v) is 3.86. The van der Waals surface area contributed by atoms with Gasteiger partial charge in [0.2, 0.25) is 0 Å². The number of benzene rings is 1. The Balaban J connectivity index is 2.16. The molecule has 21 heavy (non-hydrogen) atoms. The van der Waals surface area contributed by atoms with Crippen LogP contribution in [-0.2, 0) is 6.42 Å². The number of hydrogen-bond acceptors (Lipinski definition) is 5. The molecule has 0 bridgehead atoms. The molecule has 0 radical (unpaired) electrons. The number of aromatic nitrogens is 2. The fraction of sp³-hybridized carbons (Fsp3) is 0.375. The quantitative estimate of drug-likeness (QED) is 0.655. The molecule has 1 aromatic heterocycles. The molecule has 0 spiro atoms. The van der Waals surface area contributed by atoms with Crippen LogP contribution in [0, 0.1) is 13.8 Å². The predicted molar refractivity (Wildman–Crippen MR) is 83.2 cm³/mol. The van der Waals surface area contributed by atoms with Crippen molar-refractivity contribution in [1.29, 1.82) is 0 Å². The second-order valence-electron chi connectivity index (χ2n) is 6.08. The van der Waals surface area contributed by atoms with Crippen LogP contribution in [0.4, 0.5) is 5.82 Å². The maximum Gasteiger partial charge on any atom is 0.165 e. The normalized spacial score (nSPS) is 15.5. The number of nitrogen functional groups attached to an aromatic ring is 1. The zero-order valence-electron chi connectivity index (χ0n) is 12.8. The van der Waals surface area contributed by atoms with Gasteiger partial charge in [-0.2, -0.15) is 0 Å². The van der Waals surface area contributed by atoms with Crippen LogP contribution in [-0.4, -0.2) is 15.6 Å². The molecule has 1 aliphatic heterocycles. The summed E-state index contributed by atoms with van der Waals surface area (Å²) in [4.78, 5) is 9.11. The maximum atomic E-state index is 6.09. The molecule has 3 N–H and O–H groups in total. The van der Waals surface area contributed by atoms with E-state index < -0.39 is 0 Å². The Kier molecular flexibility index (Phi) is 3.10. The minimum atomic E-state index is -0.187. The van der Waals surface area contributed by atoms with Crippen molar-refractivity contribution in [3.8, 4) is 17.1 Å². The summed E-state index contributed by atoms with van der Waals surface area (Å²) in [6, 6.07) is 6.11. The van der Waals surface area contributed by atoms with Crippen molar-refractivity contribution in [3.05, 3.63) is 35.0 Å². The van der Waals surface area contributed by atoms with Crippen LogP contribution < -0.4 is 16.0 Å². The van der Waals surface area contributed by atoms with E-state index in [4.69, 9.17) is 10.6 Å². The van der Waals surface area contributed by atoms with Gasteiger partial charge in [-0.05, 0) is 39.3 Å². The van der Waals surface area contributed by atoms with Gasteiger partial charge >= 0.3 is 0 Å². The first-order chi connectivity index (χ1) is 9.91. The fourth-order valence-corrected chi connectivity index (χ4v) is 2.68. The molecule has 0 unspecified atom stereocenters. The average Bonchev–Trinajstić information content (AvgIpc) is 2.75. The number of rotatable bonds is 2. The molecule has 1 aliphatic rings. The summed E-state index contributed by atoms with van der Waals surface area (Å²) in [6.07, 6.45) is 0.892. The van der Waals surface area contributed by atoms with E-state index in [0.29, 0.717) is 11.6 Å². The lowest BCUT2D eigenvalue weighted by atomic mass is 10.0. The monoisotopic (exact) mass is 284 g/mol. The van der Waals surface area contributed by atoms with Gasteiger partial charge in [0.1, 0.15) is 17.2 Å². The highest BCUT2D eigenvalue weighted by atomic mass is 16.5. The summed E-state index contributed by atoms with van der Waals surface area (Å²) in [5, 5.41) is 0. The van der Waals surface area contributed by atoms with Crippen LogP contribution in [0.3, 0.4) is 0 Å². The predicted octanol–water partition coefficient (Wildman–Crippen LogP) is 2.76. The van der Waals surface area contributed by atoms with Gasteiger partial charge in [-0.3, -0.25) is 0 Å². The van der Waals surface area contributed by atoms with Gasteiger partial charge in [-0.25, -0.2) is 15.8 Å². The van der Waals surface area contributed by atoms with Crippen LogP contribution in [0.1, 0.15) is 30.7 Å². The Morgan fingerprint density at radius 2 is 2.00 bits per heavy atom. The van der Waals surface area contributed by atoms with E-state index >= 15 is 0 Å². The molecule has 2 aromatic rings. The standard InChI is InChI=1S/C16H20N4O/c1-9-10(2)18-15(19-14(9)20-17)12-7-5-6-11-8-16(3,4)21-13(11)12/h5-7H,8,17H2,1-4H3,(H,18,19,20). The van der Waals surface area contributed by atoms with Gasteiger partial charge in [0.25, 0.3) is 0 Å². The summed E-state index contributed by atoms with van der Waals surface area (Å²) >= 11 is 0. The molecule has 0 saturated carbocycles. The van der Waals surface area contributed by atoms with Gasteiger partial charge in [0.05, 0.1) is 5.56 Å². The third-order valence-electron chi connectivity index (χ3n) is 3.86. The summed E-state index contributed by atoms with van der Waals surface area (Å²) in [5.41, 5.74) is 6.42. The Morgan fingerprint density at radius 3 is 2.71 bits per heavy atom. The summed E-state index contributed by atoms with van der Waals surface area (Å²) in [6.45, 7) is 8.08. The number of hydrogen-bond donors (Lipinski definition) is 2. The number of aryl methyl sites for hydroxylation is 1. The number of hydrazine groups is 1. The van der Waals surface area contributed by atoms with Gasteiger partial charge in [0, 0.05) is 17.7 Å². The highest BCUT2D eigenvalue weighted by Gasteiger charge is 2.32. The number of fused-ring (bicyclic) bond motifs is 1. The Bertz CT molecular complexity index is 710. The average molecular weight is 284 g/mol. The lowest BCUT2D eigenvalue weighted by Gasteiger charge is -2.18. The number of nitrogens with zero attached hydrogens (tertiary/aromatic N) is 2. The molecule has 5 nitrogen and oxygen atoms in total. The van der Waals surface area contributed by atoms with E-state index in [-0.39, 0.29) is 5.60 Å². The molecule has 0 fully saturated rings. The van der Waals surface area contributed by atoms with E-state index in [1.807, 2.05) is 26.0 Å². The molecular formula is C16H20N4O. The maximum absolute atomic E-state index is 6.09. The summed E-state index contributed by atoms with van der Waals surface area (Å²) in [5.74, 6) is 7.72. The number of anilines is 1. The minimum Gasteiger partial charge on any atom is -0.486 e. The number of nitrogens with two attached hydrogens (primary N) is 1. The molecular weight excluding hydrogens is 264 g/mol. The lowest BCUT2D eigenvalue weighted by Crippen LogP contribution is -2.24. The molecule has 0 saturated heterocycles. The van der Waals surface area contributed by atoms with Crippen molar-refractivity contribution < 1.29 is 4.74 Å². The molecule has 1 aromatic carbocycles. The molecule has 0 aliphatic carbocycles. The molecule has 5 heteroatoms. The van der Waals surface area contributed by atoms with Gasteiger partial charge in [-0.15, -0.1) is 0 Å². The third kappa shape index (κ3) is 2.34. The summed E-state index contributed by atoms with van der Waals surface area (Å²) in [7, 11) is 0. The second kappa shape index (κ2) is 4.70. The van der Waals surface area contributed by atoms with Crippen molar-refractivity contribution in [3.63, 3.8) is 0 Å².